The van der Waals surface area contributed by atoms with Gasteiger partial charge >= 0.3 is 0 Å². The molecule has 2 fully saturated rings. The molecule has 0 radical (unpaired) electrons. The predicted molar refractivity (Wildman–Crippen MR) is 140 cm³/mol. The van der Waals surface area contributed by atoms with Gasteiger partial charge in [-0.1, -0.05) is 18.9 Å². The highest BCUT2D eigenvalue weighted by Gasteiger charge is 2.31. The second-order valence-electron chi connectivity index (χ2n) is 9.41. The highest BCUT2D eigenvalue weighted by molar-refractivity contribution is 7.89. The van der Waals surface area contributed by atoms with Crippen molar-refractivity contribution in [2.45, 2.75) is 61.0 Å². The van der Waals surface area contributed by atoms with Gasteiger partial charge in [-0.3, -0.25) is 0 Å². The SMILES string of the molecule is COc1ccc(CN(CC2CCCO2)S(=O)(=O)c2ccc(S(=O)(=O)N3CCCCCC3)cc2)cc1OC. The number of methoxy groups -OCH3 is 2. The van der Waals surface area contributed by atoms with Gasteiger partial charge in [0.25, 0.3) is 0 Å². The van der Waals surface area contributed by atoms with Gasteiger partial charge in [0, 0.05) is 32.8 Å². The molecule has 2 aliphatic heterocycles. The van der Waals surface area contributed by atoms with Crippen molar-refractivity contribution in [2.75, 3.05) is 40.5 Å². The molecule has 11 heteroatoms. The lowest BCUT2D eigenvalue weighted by Crippen LogP contribution is -2.37. The molecule has 0 aromatic heterocycles. The Labute approximate surface area is 220 Å². The van der Waals surface area contributed by atoms with Gasteiger partial charge in [0.05, 0.1) is 30.1 Å². The number of rotatable bonds is 10. The summed E-state index contributed by atoms with van der Waals surface area (Å²) < 4.78 is 73.1. The maximum Gasteiger partial charge on any atom is 0.243 e. The fourth-order valence-corrected chi connectivity index (χ4v) is 7.79. The Hall–Kier alpha value is -2.18. The molecule has 37 heavy (non-hydrogen) atoms. The van der Waals surface area contributed by atoms with Crippen molar-refractivity contribution >= 4 is 20.0 Å². The second kappa shape index (κ2) is 12.1. The summed E-state index contributed by atoms with van der Waals surface area (Å²) >= 11 is 0. The molecule has 4 rings (SSSR count). The third kappa shape index (κ3) is 6.46. The van der Waals surface area contributed by atoms with E-state index in [0.717, 1.165) is 44.1 Å². The first kappa shape index (κ1) is 27.8. The minimum atomic E-state index is -3.94. The van der Waals surface area contributed by atoms with E-state index < -0.39 is 20.0 Å². The molecular weight excluding hydrogens is 516 g/mol. The monoisotopic (exact) mass is 552 g/mol. The third-order valence-corrected chi connectivity index (χ3v) is 10.6. The smallest absolute Gasteiger partial charge is 0.243 e. The summed E-state index contributed by atoms with van der Waals surface area (Å²) in [6, 6.07) is 10.9. The molecule has 1 unspecified atom stereocenters. The van der Waals surface area contributed by atoms with Crippen molar-refractivity contribution in [3.8, 4) is 11.5 Å². The summed E-state index contributed by atoms with van der Waals surface area (Å²) in [7, 11) is -4.54. The van der Waals surface area contributed by atoms with Crippen molar-refractivity contribution in [3.63, 3.8) is 0 Å². The Morgan fingerprint density at radius 2 is 1.51 bits per heavy atom. The van der Waals surface area contributed by atoms with Crippen molar-refractivity contribution < 1.29 is 31.0 Å². The number of sulfonamides is 2. The molecule has 0 amide bonds. The Balaban J connectivity index is 1.60. The van der Waals surface area contributed by atoms with Crippen LogP contribution in [0.5, 0.6) is 11.5 Å². The van der Waals surface area contributed by atoms with Gasteiger partial charge < -0.3 is 14.2 Å². The van der Waals surface area contributed by atoms with Crippen LogP contribution in [0.1, 0.15) is 44.1 Å². The molecule has 2 aromatic carbocycles. The number of nitrogens with zero attached hydrogens (tertiary/aromatic N) is 2. The zero-order valence-corrected chi connectivity index (χ0v) is 23.1. The van der Waals surface area contributed by atoms with Crippen LogP contribution in [0.2, 0.25) is 0 Å². The lowest BCUT2D eigenvalue weighted by Gasteiger charge is -2.25. The number of hydrogen-bond donors (Lipinski definition) is 0. The van der Waals surface area contributed by atoms with E-state index in [-0.39, 0.29) is 29.0 Å². The topological polar surface area (TPSA) is 102 Å². The third-order valence-electron chi connectivity index (χ3n) is 6.90. The fourth-order valence-electron chi connectivity index (χ4n) is 4.81. The summed E-state index contributed by atoms with van der Waals surface area (Å²) in [5, 5.41) is 0. The van der Waals surface area contributed by atoms with Crippen LogP contribution in [-0.2, 0) is 31.3 Å². The van der Waals surface area contributed by atoms with Crippen LogP contribution in [0.3, 0.4) is 0 Å². The van der Waals surface area contributed by atoms with Crippen LogP contribution in [0.4, 0.5) is 0 Å². The Kier molecular flexibility index (Phi) is 9.12. The second-order valence-corrected chi connectivity index (χ2v) is 13.3. The molecule has 2 aromatic rings. The molecule has 2 heterocycles. The van der Waals surface area contributed by atoms with Gasteiger partial charge in [-0.15, -0.1) is 0 Å². The quantitative estimate of drug-likeness (QED) is 0.443. The summed E-state index contributed by atoms with van der Waals surface area (Å²) in [5.41, 5.74) is 0.736. The summed E-state index contributed by atoms with van der Waals surface area (Å²) in [5.74, 6) is 1.07. The van der Waals surface area contributed by atoms with E-state index in [1.807, 2.05) is 0 Å². The minimum absolute atomic E-state index is 0.0424. The first-order valence-corrected chi connectivity index (χ1v) is 15.6. The van der Waals surface area contributed by atoms with Crippen LogP contribution in [-0.4, -0.2) is 72.0 Å². The molecule has 2 saturated heterocycles. The van der Waals surface area contributed by atoms with Crippen LogP contribution in [0.25, 0.3) is 0 Å². The van der Waals surface area contributed by atoms with Gasteiger partial charge in [0.2, 0.25) is 20.0 Å². The number of hydrogen-bond acceptors (Lipinski definition) is 7. The van der Waals surface area contributed by atoms with E-state index in [4.69, 9.17) is 14.2 Å². The lowest BCUT2D eigenvalue weighted by molar-refractivity contribution is 0.0926. The molecule has 0 saturated carbocycles. The van der Waals surface area contributed by atoms with Crippen LogP contribution >= 0.6 is 0 Å². The van der Waals surface area contributed by atoms with E-state index in [2.05, 4.69) is 0 Å². The van der Waals surface area contributed by atoms with Crippen molar-refractivity contribution in [1.29, 1.82) is 0 Å². The Morgan fingerprint density at radius 1 is 0.865 bits per heavy atom. The van der Waals surface area contributed by atoms with E-state index in [9.17, 15) is 16.8 Å². The number of ether oxygens (including phenoxy) is 3. The molecule has 0 aliphatic carbocycles. The average molecular weight is 553 g/mol. The first-order chi connectivity index (χ1) is 17.8. The Morgan fingerprint density at radius 3 is 2.11 bits per heavy atom. The minimum Gasteiger partial charge on any atom is -0.493 e. The summed E-state index contributed by atoms with van der Waals surface area (Å²) in [6.45, 7) is 1.89. The predicted octanol–water partition coefficient (Wildman–Crippen LogP) is 3.64. The molecule has 0 bridgehead atoms. The van der Waals surface area contributed by atoms with Gasteiger partial charge in [0.15, 0.2) is 11.5 Å². The molecule has 2 aliphatic rings. The van der Waals surface area contributed by atoms with Crippen molar-refractivity contribution in [2.24, 2.45) is 0 Å². The highest BCUT2D eigenvalue weighted by atomic mass is 32.2. The van der Waals surface area contributed by atoms with E-state index in [1.165, 1.54) is 40.0 Å². The van der Waals surface area contributed by atoms with Crippen molar-refractivity contribution in [1.82, 2.24) is 8.61 Å². The van der Waals surface area contributed by atoms with E-state index >= 15 is 0 Å². The average Bonchev–Trinajstić information content (AvgIpc) is 3.26. The normalized spacial score (nSPS) is 19.6. The van der Waals surface area contributed by atoms with Gasteiger partial charge in [0.1, 0.15) is 0 Å². The van der Waals surface area contributed by atoms with Gasteiger partial charge in [-0.25, -0.2) is 16.8 Å². The van der Waals surface area contributed by atoms with Crippen LogP contribution in [0.15, 0.2) is 52.3 Å². The fraction of sp³-hybridized carbons (Fsp3) is 0.538. The van der Waals surface area contributed by atoms with Crippen LogP contribution in [0, 0.1) is 0 Å². The molecule has 9 nitrogen and oxygen atoms in total. The van der Waals surface area contributed by atoms with Crippen LogP contribution < -0.4 is 9.47 Å². The maximum absolute atomic E-state index is 13.8. The summed E-state index contributed by atoms with van der Waals surface area (Å²) in [6.07, 6.45) is 5.18. The molecule has 0 N–H and O–H groups in total. The van der Waals surface area contributed by atoms with Gasteiger partial charge in [-0.05, 0) is 67.6 Å². The molecule has 0 spiro atoms. The molecule has 1 atom stereocenters. The molecule has 204 valence electrons. The largest absolute Gasteiger partial charge is 0.493 e. The molecular formula is C26H36N2O7S2. The maximum atomic E-state index is 13.8. The zero-order chi connectivity index (χ0) is 26.5. The van der Waals surface area contributed by atoms with E-state index in [0.29, 0.717) is 31.2 Å². The van der Waals surface area contributed by atoms with Gasteiger partial charge in [-0.2, -0.15) is 8.61 Å². The zero-order valence-electron chi connectivity index (χ0n) is 21.5. The summed E-state index contributed by atoms with van der Waals surface area (Å²) in [4.78, 5) is 0.153. The Bertz CT molecular complexity index is 1250. The highest BCUT2D eigenvalue weighted by Crippen LogP contribution is 2.30. The lowest BCUT2D eigenvalue weighted by atomic mass is 10.2. The van der Waals surface area contributed by atoms with E-state index in [1.54, 1.807) is 25.3 Å². The standard InChI is InChI=1S/C26H36N2O7S2/c1-33-25-14-9-21(18-26(25)34-2)19-28(20-22-8-7-17-35-22)37(31,32)24-12-10-23(11-13-24)36(29,30)27-15-5-3-4-6-16-27/h9-14,18,22H,3-8,15-17,19-20H2,1-2H3. The van der Waals surface area contributed by atoms with Crippen molar-refractivity contribution in [3.05, 3.63) is 48.0 Å². The first-order valence-electron chi connectivity index (χ1n) is 12.7. The number of benzene rings is 2.